The minimum Gasteiger partial charge on any atom is -0.467 e. The van der Waals surface area contributed by atoms with Crippen LogP contribution in [-0.2, 0) is 46.3 Å². The van der Waals surface area contributed by atoms with Crippen LogP contribution in [0.15, 0.2) is 0 Å². The van der Waals surface area contributed by atoms with Gasteiger partial charge in [0.05, 0.1) is 14.2 Å². The highest BCUT2D eigenvalue weighted by atomic mass is 32.2. The van der Waals surface area contributed by atoms with Gasteiger partial charge in [-0.2, -0.15) is 12.6 Å². The van der Waals surface area contributed by atoms with Crippen LogP contribution in [0.4, 0.5) is 8.28 Å². The highest BCUT2D eigenvalue weighted by Gasteiger charge is 2.16. The maximum absolute atomic E-state index is 11.6. The van der Waals surface area contributed by atoms with E-state index in [1.807, 2.05) is 0 Å². The minimum atomic E-state index is -2.92. The Morgan fingerprint density at radius 2 is 1.43 bits per heavy atom. The molecule has 0 aliphatic rings. The zero-order valence-electron chi connectivity index (χ0n) is 11.0. The van der Waals surface area contributed by atoms with Crippen LogP contribution in [0.2, 0.25) is 0 Å². The normalized spacial score (nSPS) is 12.5. The molecule has 0 amide bonds. The number of carbonyl (C=O) groups is 2. The first-order valence-corrected chi connectivity index (χ1v) is 6.28. The van der Waals surface area contributed by atoms with Crippen molar-refractivity contribution in [2.45, 2.75) is 33.5 Å². The molecule has 0 bridgehead atoms. The van der Waals surface area contributed by atoms with E-state index >= 15 is 0 Å². The number of methoxy groups -OCH3 is 2. The largest absolute Gasteiger partial charge is 0.467 e. The molecule has 0 fully saturated rings. The summed E-state index contributed by atoms with van der Waals surface area (Å²) in [6.45, 7) is 2.37. The zero-order chi connectivity index (χ0) is 16.7. The first kappa shape index (κ1) is 28.0. The fourth-order valence-corrected chi connectivity index (χ4v) is 0.787. The van der Waals surface area contributed by atoms with Gasteiger partial charge in [0, 0.05) is 0 Å². The lowest BCUT2D eigenvalue weighted by Gasteiger charge is -2.04. The lowest BCUT2D eigenvalue weighted by Crippen LogP contribution is -2.21. The number of carbonyl (C=O) groups excluding carboxylic acids is 2. The maximum Gasteiger partial charge on any atom is 0.345 e. The van der Waals surface area contributed by atoms with Crippen molar-refractivity contribution >= 4 is 35.0 Å². The van der Waals surface area contributed by atoms with Crippen LogP contribution in [0.25, 0.3) is 0 Å². The average molecular weight is 356 g/mol. The standard InChI is InChI=1S/C4H7FO4S.C4H7FO2.CH4.O2S/c1-3(4(6)8-2)9-10(5)7;1-3(5)4(6)7-2;;1-3-2/h3H,1-2H3;3H,1-2H3;1H4;/t3-,10?;3-;;/m01../s1. The molecule has 0 saturated carbocycles. The Morgan fingerprint density at radius 1 is 1.10 bits per heavy atom. The molecule has 128 valence electrons. The topological polar surface area (TPSA) is 113 Å². The van der Waals surface area contributed by atoms with Crippen LogP contribution < -0.4 is 0 Å². The Labute approximate surface area is 127 Å². The van der Waals surface area contributed by atoms with Crippen LogP contribution in [0.5, 0.6) is 0 Å². The van der Waals surface area contributed by atoms with Crippen molar-refractivity contribution in [2.75, 3.05) is 14.2 Å². The summed E-state index contributed by atoms with van der Waals surface area (Å²) in [6, 6.07) is 0. The van der Waals surface area contributed by atoms with E-state index in [0.29, 0.717) is 0 Å². The molecular weight excluding hydrogens is 338 g/mol. The van der Waals surface area contributed by atoms with Gasteiger partial charge in [0.25, 0.3) is 0 Å². The van der Waals surface area contributed by atoms with Crippen LogP contribution in [0.1, 0.15) is 21.3 Å². The van der Waals surface area contributed by atoms with Crippen molar-refractivity contribution < 1.29 is 44.1 Å². The summed E-state index contributed by atoms with van der Waals surface area (Å²) in [5.41, 5.74) is 0. The van der Waals surface area contributed by atoms with Crippen molar-refractivity contribution in [3.05, 3.63) is 0 Å². The highest BCUT2D eigenvalue weighted by molar-refractivity contribution is 7.74. The predicted octanol–water partition coefficient (Wildman–Crippen LogP) is 0.596. The van der Waals surface area contributed by atoms with Gasteiger partial charge >= 0.3 is 35.0 Å². The number of alkyl halides is 1. The molecule has 0 aromatic carbocycles. The van der Waals surface area contributed by atoms with Gasteiger partial charge in [-0.25, -0.2) is 14.0 Å². The molecule has 0 heterocycles. The number of halogens is 2. The highest BCUT2D eigenvalue weighted by Crippen LogP contribution is 1.97. The number of rotatable bonds is 4. The number of hydrogen-bond donors (Lipinski definition) is 0. The smallest absolute Gasteiger partial charge is 0.345 e. The Bertz CT molecular complexity index is 345. The first-order chi connectivity index (χ1) is 9.17. The molecule has 0 aromatic heterocycles. The van der Waals surface area contributed by atoms with Gasteiger partial charge in [-0.05, 0) is 13.8 Å². The van der Waals surface area contributed by atoms with Gasteiger partial charge < -0.3 is 9.47 Å². The summed E-state index contributed by atoms with van der Waals surface area (Å²) >= 11 is -3.67. The molecule has 12 heteroatoms. The predicted molar refractivity (Wildman–Crippen MR) is 70.1 cm³/mol. The van der Waals surface area contributed by atoms with Gasteiger partial charge in [-0.15, -0.1) is 3.89 Å². The van der Waals surface area contributed by atoms with E-state index in [4.69, 9.17) is 8.42 Å². The summed E-state index contributed by atoms with van der Waals surface area (Å²) in [5.74, 6) is -1.58. The van der Waals surface area contributed by atoms with E-state index in [1.165, 1.54) is 6.92 Å². The van der Waals surface area contributed by atoms with Gasteiger partial charge in [-0.3, -0.25) is 4.18 Å². The number of hydrogen-bond acceptors (Lipinski definition) is 8. The van der Waals surface area contributed by atoms with Crippen molar-refractivity contribution in [3.63, 3.8) is 0 Å². The molecule has 0 aliphatic heterocycles. The Balaban J connectivity index is -0.000000115. The SMILES string of the molecule is C.COC(=O)[C@@H](C)F.COC(=O)[C@H](C)OS(=O)F.O=S=O. The molecule has 0 radical (unpaired) electrons. The second kappa shape index (κ2) is 18.7. The van der Waals surface area contributed by atoms with Crippen molar-refractivity contribution in [1.82, 2.24) is 0 Å². The van der Waals surface area contributed by atoms with Crippen LogP contribution in [0.3, 0.4) is 0 Å². The maximum atomic E-state index is 11.6. The Hall–Kier alpha value is -1.27. The van der Waals surface area contributed by atoms with Crippen LogP contribution in [-0.4, -0.2) is 51.1 Å². The van der Waals surface area contributed by atoms with Crippen molar-refractivity contribution in [1.29, 1.82) is 0 Å². The molecule has 0 saturated heterocycles. The van der Waals surface area contributed by atoms with Crippen LogP contribution in [0, 0.1) is 0 Å². The zero-order valence-corrected chi connectivity index (χ0v) is 12.6. The molecule has 0 aromatic rings. The molecule has 0 spiro atoms. The molecule has 0 N–H and O–H groups in total. The van der Waals surface area contributed by atoms with E-state index in [2.05, 4.69) is 13.7 Å². The van der Waals surface area contributed by atoms with E-state index in [-0.39, 0.29) is 7.43 Å². The summed E-state index contributed by atoms with van der Waals surface area (Å²) in [6.07, 6.45) is -2.62. The third-order valence-corrected chi connectivity index (χ3v) is 1.72. The van der Waals surface area contributed by atoms with Crippen molar-refractivity contribution in [3.8, 4) is 0 Å². The molecular formula is C9H18F2O8S2. The Kier molecular flexibility index (Phi) is 24.9. The summed E-state index contributed by atoms with van der Waals surface area (Å²) < 4.78 is 61.5. The Morgan fingerprint density at radius 3 is 1.57 bits per heavy atom. The van der Waals surface area contributed by atoms with Gasteiger partial charge in [0.1, 0.15) is 0 Å². The quantitative estimate of drug-likeness (QED) is 0.531. The molecule has 0 aliphatic carbocycles. The second-order valence-corrected chi connectivity index (χ2v) is 3.38. The van der Waals surface area contributed by atoms with Crippen molar-refractivity contribution in [2.24, 2.45) is 0 Å². The molecule has 1 unspecified atom stereocenters. The summed E-state index contributed by atoms with van der Waals surface area (Å²) in [7, 11) is 2.28. The minimum absolute atomic E-state index is 0. The van der Waals surface area contributed by atoms with E-state index in [1.54, 1.807) is 0 Å². The summed E-state index contributed by atoms with van der Waals surface area (Å²) in [5, 5.41) is 0. The fourth-order valence-electron chi connectivity index (χ4n) is 0.481. The molecule has 0 rings (SSSR count). The van der Waals surface area contributed by atoms with E-state index in [9.17, 15) is 22.1 Å². The third-order valence-electron chi connectivity index (χ3n) is 1.28. The second-order valence-electron chi connectivity index (χ2n) is 2.66. The summed E-state index contributed by atoms with van der Waals surface area (Å²) in [4.78, 5) is 20.3. The number of ether oxygens (including phenoxy) is 2. The lowest BCUT2D eigenvalue weighted by molar-refractivity contribution is -0.147. The first-order valence-electron chi connectivity index (χ1n) is 4.64. The fraction of sp³-hybridized carbons (Fsp3) is 0.778. The van der Waals surface area contributed by atoms with Gasteiger partial charge in [0.15, 0.2) is 12.3 Å². The van der Waals surface area contributed by atoms with Gasteiger partial charge in [-0.1, -0.05) is 7.43 Å². The van der Waals surface area contributed by atoms with E-state index < -0.39 is 47.3 Å². The number of esters is 2. The van der Waals surface area contributed by atoms with Crippen LogP contribution >= 0.6 is 0 Å². The lowest BCUT2D eigenvalue weighted by atomic mass is 10.4. The molecule has 8 nitrogen and oxygen atoms in total. The molecule has 21 heavy (non-hydrogen) atoms. The molecule has 3 atom stereocenters. The average Bonchev–Trinajstić information content (AvgIpc) is 2.37. The van der Waals surface area contributed by atoms with E-state index in [0.717, 1.165) is 21.1 Å². The third kappa shape index (κ3) is 24.2. The van der Waals surface area contributed by atoms with Gasteiger partial charge in [0.2, 0.25) is 0 Å². The monoisotopic (exact) mass is 356 g/mol.